The predicted octanol–water partition coefficient (Wildman–Crippen LogP) is 2.54. The molecule has 2 aromatic heterocycles. The van der Waals surface area contributed by atoms with Crippen LogP contribution in [0, 0.1) is 0 Å². The van der Waals surface area contributed by atoms with Gasteiger partial charge in [0.05, 0.1) is 15.5 Å². The number of hydrogen-bond acceptors (Lipinski definition) is 6. The fraction of sp³-hybridized carbons (Fsp3) is 0.214. The number of Topliss-reactive ketones (excluding diaryl/α,β-unsaturated/α-hetero) is 1. The predicted molar refractivity (Wildman–Crippen MR) is 80.3 cm³/mol. The van der Waals surface area contributed by atoms with E-state index in [-0.39, 0.29) is 11.5 Å². The van der Waals surface area contributed by atoms with Gasteiger partial charge in [-0.3, -0.25) is 9.59 Å². The van der Waals surface area contributed by atoms with Gasteiger partial charge in [-0.15, -0.1) is 11.3 Å². The highest BCUT2D eigenvalue weighted by atomic mass is 35.5. The molecule has 0 unspecified atom stereocenters. The molecule has 0 spiro atoms. The van der Waals surface area contributed by atoms with Crippen LogP contribution in [0.25, 0.3) is 0 Å². The largest absolute Gasteiger partial charge is 0.459 e. The molecule has 0 saturated carbocycles. The first-order valence-corrected chi connectivity index (χ1v) is 7.46. The van der Waals surface area contributed by atoms with Crippen molar-refractivity contribution in [2.75, 3.05) is 6.61 Å². The summed E-state index contributed by atoms with van der Waals surface area (Å²) in [5.41, 5.74) is 0. The third-order valence-corrected chi connectivity index (χ3v) is 3.91. The van der Waals surface area contributed by atoms with E-state index in [0.29, 0.717) is 9.21 Å². The number of ketones is 1. The molecule has 6 nitrogen and oxygen atoms in total. The van der Waals surface area contributed by atoms with E-state index in [0.717, 1.165) is 11.3 Å². The van der Waals surface area contributed by atoms with Crippen LogP contribution in [0.2, 0.25) is 4.34 Å². The molecule has 116 valence electrons. The van der Waals surface area contributed by atoms with Crippen LogP contribution in [0.15, 0.2) is 34.9 Å². The first kappa shape index (κ1) is 16.3. The minimum Gasteiger partial charge on any atom is -0.459 e. The molecule has 1 atom stereocenters. The maximum Gasteiger partial charge on any atom is 0.328 e. The summed E-state index contributed by atoms with van der Waals surface area (Å²) in [6, 6.07) is 5.27. The van der Waals surface area contributed by atoms with Gasteiger partial charge in [-0.1, -0.05) is 11.6 Å². The third-order valence-electron chi connectivity index (χ3n) is 2.64. The quantitative estimate of drug-likeness (QED) is 0.644. The van der Waals surface area contributed by atoms with Crippen LogP contribution in [0.3, 0.4) is 0 Å². The summed E-state index contributed by atoms with van der Waals surface area (Å²) in [5.74, 6) is -1.51. The van der Waals surface area contributed by atoms with Crippen LogP contribution in [0.5, 0.6) is 0 Å². The summed E-state index contributed by atoms with van der Waals surface area (Å²) in [6.45, 7) is 1.05. The summed E-state index contributed by atoms with van der Waals surface area (Å²) >= 11 is 6.83. The van der Waals surface area contributed by atoms with E-state index in [4.69, 9.17) is 20.8 Å². The molecule has 2 aromatic rings. The van der Waals surface area contributed by atoms with Gasteiger partial charge in [0, 0.05) is 0 Å². The van der Waals surface area contributed by atoms with Crippen LogP contribution in [0.1, 0.15) is 27.2 Å². The molecule has 8 heteroatoms. The zero-order valence-corrected chi connectivity index (χ0v) is 13.1. The Morgan fingerprint density at radius 1 is 1.36 bits per heavy atom. The molecule has 0 bridgehead atoms. The molecular formula is C14H12ClNO5S. The lowest BCUT2D eigenvalue weighted by Crippen LogP contribution is -2.40. The second kappa shape index (κ2) is 7.24. The zero-order chi connectivity index (χ0) is 16.1. The molecule has 0 aromatic carbocycles. The number of furan rings is 1. The van der Waals surface area contributed by atoms with Gasteiger partial charge in [0.2, 0.25) is 5.78 Å². The van der Waals surface area contributed by atoms with Gasteiger partial charge in [-0.2, -0.15) is 0 Å². The molecule has 1 N–H and O–H groups in total. The van der Waals surface area contributed by atoms with E-state index in [1.165, 1.54) is 19.3 Å². The molecular weight excluding hydrogens is 330 g/mol. The number of nitrogens with one attached hydrogen (secondary N) is 1. The Labute approximate surface area is 135 Å². The Kier molecular flexibility index (Phi) is 5.35. The Morgan fingerprint density at radius 2 is 2.14 bits per heavy atom. The highest BCUT2D eigenvalue weighted by molar-refractivity contribution is 7.18. The molecule has 0 radical (unpaired) electrons. The maximum atomic E-state index is 11.8. The van der Waals surface area contributed by atoms with Crippen LogP contribution < -0.4 is 5.32 Å². The Balaban J connectivity index is 1.81. The topological polar surface area (TPSA) is 85.6 Å². The normalized spacial score (nSPS) is 11.7. The van der Waals surface area contributed by atoms with Crippen LogP contribution in [-0.4, -0.2) is 30.3 Å². The number of carbonyl (C=O) groups is 3. The number of hydrogen-bond donors (Lipinski definition) is 1. The standard InChI is InChI=1S/C14H12ClNO5S/c1-8(16-13(18)10-3-2-6-20-10)14(19)21-7-9(17)11-4-5-12(15)22-11/h2-6,8H,7H2,1H3,(H,16,18)/t8-/m1/s1. The first-order chi connectivity index (χ1) is 10.5. The Bertz CT molecular complexity index is 679. The molecule has 0 saturated heterocycles. The second-order valence-electron chi connectivity index (χ2n) is 4.31. The fourth-order valence-electron chi connectivity index (χ4n) is 1.53. The van der Waals surface area contributed by atoms with Gasteiger partial charge in [-0.05, 0) is 31.2 Å². The van der Waals surface area contributed by atoms with E-state index >= 15 is 0 Å². The zero-order valence-electron chi connectivity index (χ0n) is 11.5. The van der Waals surface area contributed by atoms with Crippen molar-refractivity contribution in [3.63, 3.8) is 0 Å². The van der Waals surface area contributed by atoms with Crippen LogP contribution in [-0.2, 0) is 9.53 Å². The smallest absolute Gasteiger partial charge is 0.328 e. The summed E-state index contributed by atoms with van der Waals surface area (Å²) in [5, 5.41) is 2.41. The van der Waals surface area contributed by atoms with Crippen molar-refractivity contribution in [3.8, 4) is 0 Å². The van der Waals surface area contributed by atoms with Crippen molar-refractivity contribution in [3.05, 3.63) is 45.5 Å². The summed E-state index contributed by atoms with van der Waals surface area (Å²) in [7, 11) is 0. The Morgan fingerprint density at radius 3 is 2.73 bits per heavy atom. The number of esters is 1. The van der Waals surface area contributed by atoms with Gasteiger partial charge in [0.15, 0.2) is 12.4 Å². The van der Waals surface area contributed by atoms with Crippen molar-refractivity contribution in [1.29, 1.82) is 0 Å². The minimum absolute atomic E-state index is 0.0870. The average Bonchev–Trinajstić information content (AvgIpc) is 3.15. The molecule has 0 aliphatic heterocycles. The van der Waals surface area contributed by atoms with Crippen molar-refractivity contribution in [1.82, 2.24) is 5.32 Å². The van der Waals surface area contributed by atoms with Crippen molar-refractivity contribution < 1.29 is 23.5 Å². The van der Waals surface area contributed by atoms with Crippen LogP contribution in [0.4, 0.5) is 0 Å². The lowest BCUT2D eigenvalue weighted by Gasteiger charge is -2.11. The fourth-order valence-corrected chi connectivity index (χ4v) is 2.50. The molecule has 0 aliphatic carbocycles. The lowest BCUT2D eigenvalue weighted by molar-refractivity contribution is -0.144. The number of amides is 1. The van der Waals surface area contributed by atoms with Gasteiger partial charge in [0.1, 0.15) is 6.04 Å². The SMILES string of the molecule is C[C@@H](NC(=O)c1ccco1)C(=O)OCC(=O)c1ccc(Cl)s1. The van der Waals surface area contributed by atoms with Crippen LogP contribution >= 0.6 is 22.9 Å². The summed E-state index contributed by atoms with van der Waals surface area (Å²) in [4.78, 5) is 35.6. The molecule has 1 amide bonds. The maximum absolute atomic E-state index is 11.8. The highest BCUT2D eigenvalue weighted by Gasteiger charge is 2.20. The number of halogens is 1. The lowest BCUT2D eigenvalue weighted by atomic mass is 10.3. The van der Waals surface area contributed by atoms with Gasteiger partial charge >= 0.3 is 5.97 Å². The van der Waals surface area contributed by atoms with Crippen molar-refractivity contribution >= 4 is 40.6 Å². The van der Waals surface area contributed by atoms with E-state index in [1.807, 2.05) is 0 Å². The molecule has 2 heterocycles. The average molecular weight is 342 g/mol. The van der Waals surface area contributed by atoms with E-state index in [9.17, 15) is 14.4 Å². The second-order valence-corrected chi connectivity index (χ2v) is 6.02. The van der Waals surface area contributed by atoms with Gasteiger partial charge in [0.25, 0.3) is 5.91 Å². The molecule has 22 heavy (non-hydrogen) atoms. The number of carbonyl (C=O) groups excluding carboxylic acids is 3. The summed E-state index contributed by atoms with van der Waals surface area (Å²) < 4.78 is 10.3. The molecule has 0 fully saturated rings. The molecule has 2 rings (SSSR count). The highest BCUT2D eigenvalue weighted by Crippen LogP contribution is 2.21. The summed E-state index contributed by atoms with van der Waals surface area (Å²) in [6.07, 6.45) is 1.35. The van der Waals surface area contributed by atoms with Crippen molar-refractivity contribution in [2.24, 2.45) is 0 Å². The van der Waals surface area contributed by atoms with Crippen molar-refractivity contribution in [2.45, 2.75) is 13.0 Å². The van der Waals surface area contributed by atoms with E-state index < -0.39 is 24.5 Å². The third kappa shape index (κ3) is 4.19. The monoisotopic (exact) mass is 341 g/mol. The minimum atomic E-state index is -0.905. The van der Waals surface area contributed by atoms with E-state index in [1.54, 1.807) is 18.2 Å². The number of rotatable bonds is 6. The molecule has 0 aliphatic rings. The van der Waals surface area contributed by atoms with Gasteiger partial charge < -0.3 is 14.5 Å². The first-order valence-electron chi connectivity index (χ1n) is 6.27. The number of thiophene rings is 1. The Hall–Kier alpha value is -2.12. The number of ether oxygens (including phenoxy) is 1. The van der Waals surface area contributed by atoms with Gasteiger partial charge in [-0.25, -0.2) is 4.79 Å². The van der Waals surface area contributed by atoms with E-state index in [2.05, 4.69) is 5.32 Å².